The Morgan fingerprint density at radius 3 is 2.65 bits per heavy atom. The molecule has 1 atom stereocenters. The van der Waals surface area contributed by atoms with Crippen LogP contribution in [-0.2, 0) is 20.9 Å². The van der Waals surface area contributed by atoms with E-state index in [1.807, 2.05) is 30.3 Å². The molecule has 108 valence electrons. The van der Waals surface area contributed by atoms with Gasteiger partial charge in [-0.1, -0.05) is 30.3 Å². The fraction of sp³-hybridized carbons (Fsp3) is 0.429. The molecule has 2 amide bonds. The first kappa shape index (κ1) is 14.5. The summed E-state index contributed by atoms with van der Waals surface area (Å²) >= 11 is 0. The Labute approximate surface area is 117 Å². The molecule has 2 rings (SSSR count). The van der Waals surface area contributed by atoms with E-state index >= 15 is 0 Å². The topological polar surface area (TPSA) is 93.5 Å². The summed E-state index contributed by atoms with van der Waals surface area (Å²) < 4.78 is 5.11. The summed E-state index contributed by atoms with van der Waals surface area (Å²) in [7, 11) is 0. The minimum Gasteiger partial charge on any atom is -0.379 e. The summed E-state index contributed by atoms with van der Waals surface area (Å²) in [6.45, 7) is 1.03. The number of carbonyl (C=O) groups excluding carboxylic acids is 2. The summed E-state index contributed by atoms with van der Waals surface area (Å²) in [5.41, 5.74) is 5.89. The molecule has 0 aliphatic carbocycles. The van der Waals surface area contributed by atoms with Crippen LogP contribution in [0.15, 0.2) is 30.3 Å². The molecule has 4 N–H and O–H groups in total. The zero-order valence-corrected chi connectivity index (χ0v) is 11.2. The molecule has 20 heavy (non-hydrogen) atoms. The Bertz CT molecular complexity index is 470. The Morgan fingerprint density at radius 1 is 1.25 bits per heavy atom. The second-order valence-corrected chi connectivity index (χ2v) is 4.90. The molecule has 0 spiro atoms. The van der Waals surface area contributed by atoms with Gasteiger partial charge in [0.05, 0.1) is 13.2 Å². The van der Waals surface area contributed by atoms with Crippen molar-refractivity contribution in [1.82, 2.24) is 10.6 Å². The van der Waals surface area contributed by atoms with Crippen molar-refractivity contribution in [3.05, 3.63) is 35.9 Å². The highest BCUT2D eigenvalue weighted by atomic mass is 16.5. The highest BCUT2D eigenvalue weighted by Gasteiger charge is 2.38. The van der Waals surface area contributed by atoms with E-state index in [1.54, 1.807) is 0 Å². The molecule has 1 heterocycles. The lowest BCUT2D eigenvalue weighted by molar-refractivity contribution is -0.129. The van der Waals surface area contributed by atoms with E-state index in [9.17, 15) is 9.59 Å². The molecule has 1 aromatic carbocycles. The van der Waals surface area contributed by atoms with Crippen LogP contribution in [0, 0.1) is 0 Å². The SMILES string of the molecule is NC1(C(=O)NCC(=O)NCc2ccccc2)CCOC1. The fourth-order valence-electron chi connectivity index (χ4n) is 1.96. The Morgan fingerprint density at radius 2 is 2.00 bits per heavy atom. The van der Waals surface area contributed by atoms with Gasteiger partial charge in [0, 0.05) is 13.2 Å². The van der Waals surface area contributed by atoms with Gasteiger partial charge >= 0.3 is 0 Å². The first-order valence-electron chi connectivity index (χ1n) is 6.56. The van der Waals surface area contributed by atoms with E-state index in [1.165, 1.54) is 0 Å². The molecule has 1 aromatic rings. The van der Waals surface area contributed by atoms with Crippen LogP contribution in [0.1, 0.15) is 12.0 Å². The average Bonchev–Trinajstić information content (AvgIpc) is 2.92. The number of nitrogens with one attached hydrogen (secondary N) is 2. The quantitative estimate of drug-likeness (QED) is 0.678. The molecule has 0 aromatic heterocycles. The van der Waals surface area contributed by atoms with Crippen LogP contribution in [0.2, 0.25) is 0 Å². The third kappa shape index (κ3) is 3.79. The highest BCUT2D eigenvalue weighted by molar-refractivity contribution is 5.90. The Kier molecular flexibility index (Phi) is 4.70. The number of hydrogen-bond acceptors (Lipinski definition) is 4. The maximum Gasteiger partial charge on any atom is 0.243 e. The first-order valence-corrected chi connectivity index (χ1v) is 6.56. The van der Waals surface area contributed by atoms with Crippen molar-refractivity contribution in [3.63, 3.8) is 0 Å². The van der Waals surface area contributed by atoms with E-state index in [-0.39, 0.29) is 25.0 Å². The van der Waals surface area contributed by atoms with Gasteiger partial charge in [-0.05, 0) is 12.0 Å². The summed E-state index contributed by atoms with van der Waals surface area (Å²) in [5, 5.41) is 5.28. The van der Waals surface area contributed by atoms with Crippen LogP contribution in [0.5, 0.6) is 0 Å². The second-order valence-electron chi connectivity index (χ2n) is 4.90. The van der Waals surface area contributed by atoms with Gasteiger partial charge in [-0.15, -0.1) is 0 Å². The normalized spacial score (nSPS) is 21.4. The number of carbonyl (C=O) groups is 2. The van der Waals surface area contributed by atoms with Gasteiger partial charge in [0.1, 0.15) is 5.54 Å². The van der Waals surface area contributed by atoms with E-state index < -0.39 is 5.54 Å². The van der Waals surface area contributed by atoms with Crippen molar-refractivity contribution < 1.29 is 14.3 Å². The van der Waals surface area contributed by atoms with Crippen molar-refractivity contribution in [1.29, 1.82) is 0 Å². The molecule has 1 saturated heterocycles. The number of rotatable bonds is 5. The lowest BCUT2D eigenvalue weighted by Gasteiger charge is -2.20. The number of ether oxygens (including phenoxy) is 1. The van der Waals surface area contributed by atoms with Gasteiger partial charge in [0.2, 0.25) is 11.8 Å². The van der Waals surface area contributed by atoms with Crippen LogP contribution < -0.4 is 16.4 Å². The first-order chi connectivity index (χ1) is 9.60. The maximum atomic E-state index is 11.8. The van der Waals surface area contributed by atoms with E-state index in [4.69, 9.17) is 10.5 Å². The van der Waals surface area contributed by atoms with Gasteiger partial charge in [0.15, 0.2) is 0 Å². The Balaban J connectivity index is 1.71. The summed E-state index contributed by atoms with van der Waals surface area (Å²) in [6.07, 6.45) is 0.477. The number of amides is 2. The monoisotopic (exact) mass is 277 g/mol. The van der Waals surface area contributed by atoms with Gasteiger partial charge in [-0.25, -0.2) is 0 Å². The fourth-order valence-corrected chi connectivity index (χ4v) is 1.96. The molecule has 1 fully saturated rings. The van der Waals surface area contributed by atoms with Crippen molar-refractivity contribution in [3.8, 4) is 0 Å². The van der Waals surface area contributed by atoms with Gasteiger partial charge in [-0.2, -0.15) is 0 Å². The van der Waals surface area contributed by atoms with Crippen LogP contribution in [0.25, 0.3) is 0 Å². The molecular weight excluding hydrogens is 258 g/mol. The predicted molar refractivity (Wildman–Crippen MR) is 73.7 cm³/mol. The molecule has 6 nitrogen and oxygen atoms in total. The number of benzene rings is 1. The van der Waals surface area contributed by atoms with Crippen molar-refractivity contribution in [2.75, 3.05) is 19.8 Å². The summed E-state index contributed by atoms with van der Waals surface area (Å²) in [5.74, 6) is -0.588. The second kappa shape index (κ2) is 6.49. The van der Waals surface area contributed by atoms with E-state index in [0.29, 0.717) is 19.6 Å². The van der Waals surface area contributed by atoms with E-state index in [0.717, 1.165) is 5.56 Å². The summed E-state index contributed by atoms with van der Waals surface area (Å²) in [4.78, 5) is 23.5. The molecular formula is C14H19N3O3. The number of nitrogens with two attached hydrogens (primary N) is 1. The van der Waals surface area contributed by atoms with Crippen molar-refractivity contribution >= 4 is 11.8 Å². The van der Waals surface area contributed by atoms with Crippen LogP contribution in [0.3, 0.4) is 0 Å². The van der Waals surface area contributed by atoms with Gasteiger partial charge in [-0.3, -0.25) is 9.59 Å². The Hall–Kier alpha value is -1.92. The molecule has 0 saturated carbocycles. The zero-order chi connectivity index (χ0) is 14.4. The average molecular weight is 277 g/mol. The smallest absolute Gasteiger partial charge is 0.243 e. The van der Waals surface area contributed by atoms with Crippen molar-refractivity contribution in [2.45, 2.75) is 18.5 Å². The highest BCUT2D eigenvalue weighted by Crippen LogP contribution is 2.14. The molecule has 6 heteroatoms. The van der Waals surface area contributed by atoms with E-state index in [2.05, 4.69) is 10.6 Å². The summed E-state index contributed by atoms with van der Waals surface area (Å²) in [6, 6.07) is 9.56. The minimum absolute atomic E-state index is 0.0788. The lowest BCUT2D eigenvalue weighted by Crippen LogP contribution is -2.55. The minimum atomic E-state index is -1.00. The third-order valence-corrected chi connectivity index (χ3v) is 3.25. The molecule has 1 unspecified atom stereocenters. The third-order valence-electron chi connectivity index (χ3n) is 3.25. The van der Waals surface area contributed by atoms with Crippen molar-refractivity contribution in [2.24, 2.45) is 5.73 Å². The van der Waals surface area contributed by atoms with Gasteiger partial charge in [0.25, 0.3) is 0 Å². The predicted octanol–water partition coefficient (Wildman–Crippen LogP) is -0.463. The van der Waals surface area contributed by atoms with Crippen LogP contribution >= 0.6 is 0 Å². The lowest BCUT2D eigenvalue weighted by atomic mass is 9.99. The van der Waals surface area contributed by atoms with Gasteiger partial charge < -0.3 is 21.1 Å². The molecule has 0 bridgehead atoms. The standard InChI is InChI=1S/C14H19N3O3/c15-14(6-7-20-10-14)13(19)17-9-12(18)16-8-11-4-2-1-3-5-11/h1-5H,6-10,15H2,(H,16,18)(H,17,19). The molecule has 1 aliphatic rings. The largest absolute Gasteiger partial charge is 0.379 e. The maximum absolute atomic E-state index is 11.8. The number of hydrogen-bond donors (Lipinski definition) is 3. The van der Waals surface area contributed by atoms with Crippen LogP contribution in [-0.4, -0.2) is 37.1 Å². The molecule has 0 radical (unpaired) electrons. The van der Waals surface area contributed by atoms with Crippen LogP contribution in [0.4, 0.5) is 0 Å². The molecule has 1 aliphatic heterocycles. The zero-order valence-electron chi connectivity index (χ0n) is 11.2.